The van der Waals surface area contributed by atoms with Gasteiger partial charge in [0.2, 0.25) is 0 Å². The molecular formula is C29H44O2. The number of rotatable bonds is 6. The standard InChI is InChI=1S/C29H44O2/c1-20(19-31-22(3)30)9-8-10-21(2)25-14-15-26-24-13-12-23-11-6-7-17-28(23,4)27(24)16-18-29(25,26)5/h8,10,12-13,20-21,25-27H,6-7,9,11,14-19H2,1-5H3/t20?,21-,25-,26+,27+,28+,29-/m1/s1. The van der Waals surface area contributed by atoms with Gasteiger partial charge in [0, 0.05) is 6.92 Å². The molecule has 7 atom stereocenters. The Morgan fingerprint density at radius 3 is 2.71 bits per heavy atom. The summed E-state index contributed by atoms with van der Waals surface area (Å²) in [6.07, 6.45) is 22.0. The van der Waals surface area contributed by atoms with Crippen LogP contribution in [0.5, 0.6) is 0 Å². The van der Waals surface area contributed by atoms with Crippen molar-refractivity contribution in [2.24, 2.45) is 40.4 Å². The Balaban J connectivity index is 1.44. The fraction of sp³-hybridized carbons (Fsp3) is 0.759. The second kappa shape index (κ2) is 8.91. The smallest absolute Gasteiger partial charge is 0.302 e. The predicted molar refractivity (Wildman–Crippen MR) is 129 cm³/mol. The maximum Gasteiger partial charge on any atom is 0.302 e. The quantitative estimate of drug-likeness (QED) is 0.323. The average molecular weight is 425 g/mol. The van der Waals surface area contributed by atoms with Gasteiger partial charge in [0.05, 0.1) is 6.61 Å². The fourth-order valence-corrected chi connectivity index (χ4v) is 7.93. The van der Waals surface area contributed by atoms with Gasteiger partial charge in [-0.05, 0) is 91.8 Å². The molecule has 0 N–H and O–H groups in total. The van der Waals surface area contributed by atoms with Crippen molar-refractivity contribution in [3.63, 3.8) is 0 Å². The van der Waals surface area contributed by atoms with E-state index >= 15 is 0 Å². The first-order chi connectivity index (χ1) is 14.8. The van der Waals surface area contributed by atoms with Crippen LogP contribution in [0.1, 0.15) is 92.4 Å². The molecule has 1 unspecified atom stereocenters. The lowest BCUT2D eigenvalue weighted by atomic mass is 9.50. The van der Waals surface area contributed by atoms with E-state index in [1.165, 1.54) is 58.3 Å². The third-order valence-corrected chi connectivity index (χ3v) is 9.74. The average Bonchev–Trinajstić information content (AvgIpc) is 3.09. The molecule has 4 rings (SSSR count). The van der Waals surface area contributed by atoms with Crippen molar-refractivity contribution in [1.82, 2.24) is 0 Å². The van der Waals surface area contributed by atoms with Gasteiger partial charge in [-0.3, -0.25) is 4.79 Å². The van der Waals surface area contributed by atoms with Crippen LogP contribution >= 0.6 is 0 Å². The molecule has 31 heavy (non-hydrogen) atoms. The maximum atomic E-state index is 11.0. The van der Waals surface area contributed by atoms with Crippen LogP contribution in [0.25, 0.3) is 0 Å². The molecule has 0 heterocycles. The van der Waals surface area contributed by atoms with Gasteiger partial charge in [-0.1, -0.05) is 69.6 Å². The normalized spacial score (nSPS) is 39.1. The summed E-state index contributed by atoms with van der Waals surface area (Å²) in [6, 6.07) is 0. The summed E-state index contributed by atoms with van der Waals surface area (Å²) in [4.78, 5) is 11.0. The summed E-state index contributed by atoms with van der Waals surface area (Å²) in [5.41, 5.74) is 4.47. The van der Waals surface area contributed by atoms with Crippen LogP contribution in [0.15, 0.2) is 35.5 Å². The number of carbonyl (C=O) groups is 1. The van der Waals surface area contributed by atoms with E-state index in [0.717, 1.165) is 24.2 Å². The van der Waals surface area contributed by atoms with Crippen molar-refractivity contribution >= 4 is 5.97 Å². The molecule has 0 aromatic carbocycles. The molecule has 4 aliphatic rings. The minimum Gasteiger partial charge on any atom is -0.466 e. The summed E-state index contributed by atoms with van der Waals surface area (Å²) in [7, 11) is 0. The van der Waals surface area contributed by atoms with Crippen LogP contribution in [0.4, 0.5) is 0 Å². The Kier molecular flexibility index (Phi) is 6.57. The third-order valence-electron chi connectivity index (χ3n) is 9.74. The maximum absolute atomic E-state index is 11.0. The molecule has 3 fully saturated rings. The topological polar surface area (TPSA) is 26.3 Å². The molecule has 0 spiro atoms. The largest absolute Gasteiger partial charge is 0.466 e. The SMILES string of the molecule is CC(=O)OCC(C)CC=C[C@@H](C)[C@H]1CC[C@H]2C3=CC=C4CCCC[C@]4(C)[C@H]3CC[C@]12C. The molecule has 0 bridgehead atoms. The van der Waals surface area contributed by atoms with Gasteiger partial charge in [0.1, 0.15) is 0 Å². The molecule has 0 amide bonds. The van der Waals surface area contributed by atoms with Gasteiger partial charge in [-0.2, -0.15) is 0 Å². The Morgan fingerprint density at radius 1 is 1.13 bits per heavy atom. The van der Waals surface area contributed by atoms with Crippen LogP contribution in [0, 0.1) is 40.4 Å². The van der Waals surface area contributed by atoms with Gasteiger partial charge >= 0.3 is 5.97 Å². The number of fused-ring (bicyclic) bond motifs is 5. The fourth-order valence-electron chi connectivity index (χ4n) is 7.93. The highest BCUT2D eigenvalue weighted by Crippen LogP contribution is 2.65. The lowest BCUT2D eigenvalue weighted by Gasteiger charge is -2.54. The summed E-state index contributed by atoms with van der Waals surface area (Å²) in [5.74, 6) is 3.20. The first kappa shape index (κ1) is 22.9. The second-order valence-corrected chi connectivity index (χ2v) is 11.7. The highest BCUT2D eigenvalue weighted by Gasteiger charge is 2.56. The van der Waals surface area contributed by atoms with Gasteiger partial charge < -0.3 is 4.74 Å². The van der Waals surface area contributed by atoms with Crippen molar-refractivity contribution < 1.29 is 9.53 Å². The second-order valence-electron chi connectivity index (χ2n) is 11.7. The number of carbonyl (C=O) groups excluding carboxylic acids is 1. The molecule has 0 aliphatic heterocycles. The van der Waals surface area contributed by atoms with Gasteiger partial charge in [0.25, 0.3) is 0 Å². The van der Waals surface area contributed by atoms with Crippen molar-refractivity contribution in [2.75, 3.05) is 6.61 Å². The number of ether oxygens (including phenoxy) is 1. The van der Waals surface area contributed by atoms with Crippen LogP contribution in [-0.4, -0.2) is 12.6 Å². The van der Waals surface area contributed by atoms with Crippen LogP contribution < -0.4 is 0 Å². The van der Waals surface area contributed by atoms with E-state index in [2.05, 4.69) is 52.0 Å². The number of hydrogen-bond donors (Lipinski definition) is 0. The van der Waals surface area contributed by atoms with E-state index in [1.807, 2.05) is 5.57 Å². The van der Waals surface area contributed by atoms with Crippen molar-refractivity contribution in [3.05, 3.63) is 35.5 Å². The monoisotopic (exact) mass is 424 g/mol. The van der Waals surface area contributed by atoms with Gasteiger partial charge in [-0.25, -0.2) is 0 Å². The highest BCUT2D eigenvalue weighted by molar-refractivity contribution is 5.65. The molecule has 4 aliphatic carbocycles. The molecule has 0 aromatic heterocycles. The van der Waals surface area contributed by atoms with E-state index in [-0.39, 0.29) is 5.97 Å². The lowest BCUT2D eigenvalue weighted by molar-refractivity contribution is -0.142. The zero-order chi connectivity index (χ0) is 22.2. The molecule has 2 heteroatoms. The molecule has 0 saturated heterocycles. The summed E-state index contributed by atoms with van der Waals surface area (Å²) >= 11 is 0. The van der Waals surface area contributed by atoms with E-state index < -0.39 is 0 Å². The Morgan fingerprint density at radius 2 is 1.94 bits per heavy atom. The number of hydrogen-bond acceptors (Lipinski definition) is 2. The Bertz CT molecular complexity index is 774. The van der Waals surface area contributed by atoms with Crippen molar-refractivity contribution in [2.45, 2.75) is 92.4 Å². The summed E-state index contributed by atoms with van der Waals surface area (Å²) in [5, 5.41) is 0. The lowest BCUT2D eigenvalue weighted by Crippen LogP contribution is -2.45. The minimum absolute atomic E-state index is 0.175. The summed E-state index contributed by atoms with van der Waals surface area (Å²) < 4.78 is 5.16. The van der Waals surface area contributed by atoms with E-state index in [4.69, 9.17) is 4.74 Å². The van der Waals surface area contributed by atoms with E-state index in [0.29, 0.717) is 29.3 Å². The number of esters is 1. The van der Waals surface area contributed by atoms with Crippen LogP contribution in [0.3, 0.4) is 0 Å². The molecule has 2 nitrogen and oxygen atoms in total. The molecular weight excluding hydrogens is 380 g/mol. The first-order valence-corrected chi connectivity index (χ1v) is 13.0. The molecule has 0 aromatic rings. The highest BCUT2D eigenvalue weighted by atomic mass is 16.5. The Labute approximate surface area is 190 Å². The first-order valence-electron chi connectivity index (χ1n) is 13.0. The molecule has 3 saturated carbocycles. The zero-order valence-corrected chi connectivity index (χ0v) is 20.6. The molecule has 0 radical (unpaired) electrons. The van der Waals surface area contributed by atoms with Crippen LogP contribution in [0.2, 0.25) is 0 Å². The van der Waals surface area contributed by atoms with Crippen molar-refractivity contribution in [1.29, 1.82) is 0 Å². The third kappa shape index (κ3) is 4.21. The van der Waals surface area contributed by atoms with Gasteiger partial charge in [0.15, 0.2) is 0 Å². The minimum atomic E-state index is -0.175. The van der Waals surface area contributed by atoms with E-state index in [1.54, 1.807) is 5.57 Å². The van der Waals surface area contributed by atoms with Crippen molar-refractivity contribution in [3.8, 4) is 0 Å². The van der Waals surface area contributed by atoms with Crippen LogP contribution in [-0.2, 0) is 9.53 Å². The predicted octanol–water partition coefficient (Wildman–Crippen LogP) is 7.66. The van der Waals surface area contributed by atoms with Gasteiger partial charge in [-0.15, -0.1) is 0 Å². The van der Waals surface area contributed by atoms with E-state index in [9.17, 15) is 4.79 Å². The zero-order valence-electron chi connectivity index (χ0n) is 20.6. The summed E-state index contributed by atoms with van der Waals surface area (Å²) in [6.45, 7) is 11.8. The molecule has 172 valence electrons. The Hall–Kier alpha value is -1.31. The number of allylic oxidation sites excluding steroid dienone is 6.